The van der Waals surface area contributed by atoms with Gasteiger partial charge in [0.2, 0.25) is 5.91 Å². The van der Waals surface area contributed by atoms with Crippen molar-refractivity contribution in [3.8, 4) is 0 Å². The first-order valence-corrected chi connectivity index (χ1v) is 9.46. The molecular weight excluding hydrogens is 316 g/mol. The van der Waals surface area contributed by atoms with Gasteiger partial charge in [-0.25, -0.2) is 0 Å². The van der Waals surface area contributed by atoms with Gasteiger partial charge in [0.05, 0.1) is 30.0 Å². The van der Waals surface area contributed by atoms with Gasteiger partial charge in [0.1, 0.15) is 0 Å². The Balaban J connectivity index is 1.60. The standard InChI is InChI=1S/C20H26N2O3/c1-21(19(23)14-10-11-14)16-7-3-2-6-15(16)20(24)22-12-13-25-18-9-5-4-8-17(18)22/h2-3,6-7,14,17-18H,4-5,8-13H2,1H3/t17-,18+/m0/s1. The van der Waals surface area contributed by atoms with Crippen molar-refractivity contribution in [2.75, 3.05) is 25.1 Å². The summed E-state index contributed by atoms with van der Waals surface area (Å²) in [5.41, 5.74) is 1.36. The summed E-state index contributed by atoms with van der Waals surface area (Å²) in [6.45, 7) is 1.24. The Kier molecular flexibility index (Phi) is 4.50. The highest BCUT2D eigenvalue weighted by molar-refractivity contribution is 6.05. The number of benzene rings is 1. The minimum Gasteiger partial charge on any atom is -0.374 e. The Morgan fingerprint density at radius 3 is 2.68 bits per heavy atom. The highest BCUT2D eigenvalue weighted by Gasteiger charge is 2.38. The molecule has 1 aromatic carbocycles. The molecule has 0 bridgehead atoms. The summed E-state index contributed by atoms with van der Waals surface area (Å²) in [5, 5.41) is 0. The number of nitrogens with zero attached hydrogens (tertiary/aromatic N) is 2. The third-order valence-corrected chi connectivity index (χ3v) is 5.75. The van der Waals surface area contributed by atoms with Gasteiger partial charge >= 0.3 is 0 Å². The molecule has 0 unspecified atom stereocenters. The Bertz CT molecular complexity index is 669. The zero-order valence-corrected chi connectivity index (χ0v) is 14.8. The number of anilines is 1. The van der Waals surface area contributed by atoms with Gasteiger partial charge in [0.25, 0.3) is 5.91 Å². The van der Waals surface area contributed by atoms with Gasteiger partial charge in [-0.1, -0.05) is 25.0 Å². The summed E-state index contributed by atoms with van der Waals surface area (Å²) in [6.07, 6.45) is 6.48. The second kappa shape index (κ2) is 6.79. The van der Waals surface area contributed by atoms with E-state index in [2.05, 4.69) is 0 Å². The van der Waals surface area contributed by atoms with E-state index in [0.29, 0.717) is 18.7 Å². The lowest BCUT2D eigenvalue weighted by Crippen LogP contribution is -2.55. The van der Waals surface area contributed by atoms with E-state index in [1.54, 1.807) is 11.9 Å². The Labute approximate surface area is 148 Å². The zero-order chi connectivity index (χ0) is 17.4. The van der Waals surface area contributed by atoms with Crippen molar-refractivity contribution in [2.24, 2.45) is 5.92 Å². The average molecular weight is 342 g/mol. The molecule has 2 aliphatic carbocycles. The quantitative estimate of drug-likeness (QED) is 0.849. The molecule has 1 aliphatic heterocycles. The summed E-state index contributed by atoms with van der Waals surface area (Å²) in [6, 6.07) is 7.68. The lowest BCUT2D eigenvalue weighted by molar-refractivity contribution is -0.119. The number of morpholine rings is 1. The summed E-state index contributed by atoms with van der Waals surface area (Å²) < 4.78 is 5.90. The van der Waals surface area contributed by atoms with Crippen molar-refractivity contribution in [2.45, 2.75) is 50.7 Å². The average Bonchev–Trinajstić information content (AvgIpc) is 3.51. The van der Waals surface area contributed by atoms with Crippen molar-refractivity contribution in [1.82, 2.24) is 4.90 Å². The number of para-hydroxylation sites is 1. The van der Waals surface area contributed by atoms with Crippen LogP contribution in [0.2, 0.25) is 0 Å². The second-order valence-electron chi connectivity index (χ2n) is 7.45. The number of hydrogen-bond acceptors (Lipinski definition) is 3. The van der Waals surface area contributed by atoms with Gasteiger partial charge in [-0.3, -0.25) is 9.59 Å². The maximum atomic E-state index is 13.3. The first-order chi connectivity index (χ1) is 12.2. The maximum absolute atomic E-state index is 13.3. The number of carbonyl (C=O) groups excluding carboxylic acids is 2. The second-order valence-corrected chi connectivity index (χ2v) is 7.45. The third-order valence-electron chi connectivity index (χ3n) is 5.75. The molecule has 0 N–H and O–H groups in total. The van der Waals surface area contributed by atoms with Gasteiger partial charge in [-0.2, -0.15) is 0 Å². The minimum absolute atomic E-state index is 0.0336. The van der Waals surface area contributed by atoms with Gasteiger partial charge in [0, 0.05) is 19.5 Å². The molecule has 3 fully saturated rings. The summed E-state index contributed by atoms with van der Waals surface area (Å²) in [7, 11) is 1.79. The molecule has 1 aromatic rings. The fraction of sp³-hybridized carbons (Fsp3) is 0.600. The van der Waals surface area contributed by atoms with Crippen LogP contribution in [0.1, 0.15) is 48.9 Å². The van der Waals surface area contributed by atoms with Crippen LogP contribution in [0.25, 0.3) is 0 Å². The van der Waals surface area contributed by atoms with Crippen LogP contribution < -0.4 is 4.90 Å². The monoisotopic (exact) mass is 342 g/mol. The van der Waals surface area contributed by atoms with Crippen LogP contribution in [0.3, 0.4) is 0 Å². The molecule has 0 aromatic heterocycles. The number of amides is 2. The van der Waals surface area contributed by atoms with Crippen molar-refractivity contribution in [1.29, 1.82) is 0 Å². The van der Waals surface area contributed by atoms with E-state index in [0.717, 1.165) is 37.8 Å². The largest absolute Gasteiger partial charge is 0.374 e. The van der Waals surface area contributed by atoms with E-state index >= 15 is 0 Å². The van der Waals surface area contributed by atoms with E-state index in [-0.39, 0.29) is 29.9 Å². The molecule has 5 nitrogen and oxygen atoms in total. The molecule has 2 amide bonds. The van der Waals surface area contributed by atoms with Gasteiger partial charge in [0.15, 0.2) is 0 Å². The molecule has 2 saturated carbocycles. The summed E-state index contributed by atoms with van der Waals surface area (Å²) in [4.78, 5) is 29.4. The highest BCUT2D eigenvalue weighted by Crippen LogP contribution is 2.34. The number of rotatable bonds is 3. The summed E-state index contributed by atoms with van der Waals surface area (Å²) in [5.74, 6) is 0.295. The third kappa shape index (κ3) is 3.17. The number of hydrogen-bond donors (Lipinski definition) is 0. The normalized spacial score (nSPS) is 26.0. The molecular formula is C20H26N2O3. The topological polar surface area (TPSA) is 49.9 Å². The maximum Gasteiger partial charge on any atom is 0.256 e. The first-order valence-electron chi connectivity index (χ1n) is 9.46. The fourth-order valence-electron chi connectivity index (χ4n) is 4.17. The highest BCUT2D eigenvalue weighted by atomic mass is 16.5. The zero-order valence-electron chi connectivity index (χ0n) is 14.8. The van der Waals surface area contributed by atoms with E-state index in [1.165, 1.54) is 6.42 Å². The molecule has 25 heavy (non-hydrogen) atoms. The van der Waals surface area contributed by atoms with E-state index in [4.69, 9.17) is 4.74 Å². The van der Waals surface area contributed by atoms with Crippen LogP contribution in [0.5, 0.6) is 0 Å². The predicted molar refractivity (Wildman–Crippen MR) is 95.6 cm³/mol. The predicted octanol–water partition coefficient (Wildman–Crippen LogP) is 2.84. The molecule has 4 rings (SSSR count). The van der Waals surface area contributed by atoms with E-state index in [9.17, 15) is 9.59 Å². The van der Waals surface area contributed by atoms with Crippen LogP contribution in [0, 0.1) is 5.92 Å². The van der Waals surface area contributed by atoms with Crippen LogP contribution in [-0.2, 0) is 9.53 Å². The smallest absolute Gasteiger partial charge is 0.256 e. The number of ether oxygens (including phenoxy) is 1. The minimum atomic E-state index is 0.0336. The van der Waals surface area contributed by atoms with Crippen molar-refractivity contribution >= 4 is 17.5 Å². The van der Waals surface area contributed by atoms with Gasteiger partial charge < -0.3 is 14.5 Å². The molecule has 2 atom stereocenters. The lowest BCUT2D eigenvalue weighted by atomic mass is 9.89. The van der Waals surface area contributed by atoms with Crippen molar-refractivity contribution in [3.63, 3.8) is 0 Å². The molecule has 3 aliphatic rings. The van der Waals surface area contributed by atoms with Crippen LogP contribution in [0.4, 0.5) is 5.69 Å². The van der Waals surface area contributed by atoms with Gasteiger partial charge in [-0.15, -0.1) is 0 Å². The van der Waals surface area contributed by atoms with E-state index in [1.807, 2.05) is 29.2 Å². The van der Waals surface area contributed by atoms with E-state index < -0.39 is 0 Å². The fourth-order valence-corrected chi connectivity index (χ4v) is 4.17. The Hall–Kier alpha value is -1.88. The number of fused-ring (bicyclic) bond motifs is 1. The van der Waals surface area contributed by atoms with Crippen LogP contribution in [0.15, 0.2) is 24.3 Å². The molecule has 5 heteroatoms. The SMILES string of the molecule is CN(C(=O)C1CC1)c1ccccc1C(=O)N1CCO[C@@H]2CCCC[C@@H]21. The molecule has 0 spiro atoms. The Morgan fingerprint density at radius 2 is 1.88 bits per heavy atom. The van der Waals surface area contributed by atoms with Gasteiger partial charge in [-0.05, 0) is 37.8 Å². The first kappa shape index (κ1) is 16.6. The number of carbonyl (C=O) groups is 2. The lowest BCUT2D eigenvalue weighted by Gasteiger charge is -2.44. The molecule has 1 heterocycles. The van der Waals surface area contributed by atoms with Crippen molar-refractivity contribution < 1.29 is 14.3 Å². The van der Waals surface area contributed by atoms with Crippen LogP contribution in [-0.4, -0.2) is 49.1 Å². The van der Waals surface area contributed by atoms with Crippen molar-refractivity contribution in [3.05, 3.63) is 29.8 Å². The summed E-state index contributed by atoms with van der Waals surface area (Å²) >= 11 is 0. The molecule has 134 valence electrons. The van der Waals surface area contributed by atoms with Crippen LogP contribution >= 0.6 is 0 Å². The molecule has 1 saturated heterocycles. The Morgan fingerprint density at radius 1 is 1.12 bits per heavy atom. The molecule has 0 radical (unpaired) electrons.